The van der Waals surface area contributed by atoms with Gasteiger partial charge in [-0.2, -0.15) is 0 Å². The highest BCUT2D eigenvalue weighted by Crippen LogP contribution is 2.28. The Kier molecular flexibility index (Phi) is 3.89. The molecule has 0 unspecified atom stereocenters. The number of hydrogen-bond acceptors (Lipinski definition) is 4. The SMILES string of the molecule is CCOCCSc1nc2ccccc2c2nc3ccccc3n12. The highest BCUT2D eigenvalue weighted by atomic mass is 32.2. The number of nitrogens with zero attached hydrogens (tertiary/aromatic N) is 3. The van der Waals surface area contributed by atoms with E-state index in [2.05, 4.69) is 16.5 Å². The fourth-order valence-corrected chi connectivity index (χ4v) is 3.61. The van der Waals surface area contributed by atoms with Crippen LogP contribution in [0.2, 0.25) is 0 Å². The van der Waals surface area contributed by atoms with Crippen LogP contribution in [-0.2, 0) is 4.74 Å². The number of hydrogen-bond donors (Lipinski definition) is 0. The third-order valence-electron chi connectivity index (χ3n) is 3.78. The molecule has 0 radical (unpaired) electrons. The summed E-state index contributed by atoms with van der Waals surface area (Å²) in [6, 6.07) is 16.4. The molecule has 0 saturated carbocycles. The smallest absolute Gasteiger partial charge is 0.174 e. The van der Waals surface area contributed by atoms with Gasteiger partial charge in [0, 0.05) is 17.7 Å². The lowest BCUT2D eigenvalue weighted by molar-refractivity contribution is 0.164. The molecule has 0 N–H and O–H groups in total. The highest BCUT2D eigenvalue weighted by molar-refractivity contribution is 7.99. The largest absolute Gasteiger partial charge is 0.381 e. The van der Waals surface area contributed by atoms with Crippen molar-refractivity contribution < 1.29 is 4.74 Å². The molecule has 2 heterocycles. The minimum atomic E-state index is 0.726. The minimum absolute atomic E-state index is 0.726. The summed E-state index contributed by atoms with van der Waals surface area (Å²) in [5.41, 5.74) is 4.04. The summed E-state index contributed by atoms with van der Waals surface area (Å²) < 4.78 is 7.61. The molecule has 5 heteroatoms. The predicted molar refractivity (Wildman–Crippen MR) is 95.2 cm³/mol. The summed E-state index contributed by atoms with van der Waals surface area (Å²) in [6.07, 6.45) is 0. The standard InChI is InChI=1S/C18H17N3OS/c1-2-22-11-12-23-18-20-14-8-4-3-7-13(14)17-19-15-9-5-6-10-16(15)21(17)18/h3-10H,2,11-12H2,1H3. The first-order valence-corrected chi connectivity index (χ1v) is 8.73. The number of aromatic nitrogens is 3. The van der Waals surface area contributed by atoms with Crippen LogP contribution in [0, 0.1) is 0 Å². The van der Waals surface area contributed by atoms with Crippen molar-refractivity contribution in [1.29, 1.82) is 0 Å². The molecule has 23 heavy (non-hydrogen) atoms. The van der Waals surface area contributed by atoms with E-state index in [1.807, 2.05) is 43.3 Å². The van der Waals surface area contributed by atoms with Gasteiger partial charge in [-0.1, -0.05) is 36.0 Å². The van der Waals surface area contributed by atoms with Crippen molar-refractivity contribution in [3.63, 3.8) is 0 Å². The third-order valence-corrected chi connectivity index (χ3v) is 4.68. The maximum Gasteiger partial charge on any atom is 0.174 e. The molecule has 0 fully saturated rings. The van der Waals surface area contributed by atoms with Crippen LogP contribution < -0.4 is 0 Å². The minimum Gasteiger partial charge on any atom is -0.381 e. The predicted octanol–water partition coefficient (Wildman–Crippen LogP) is 4.16. The van der Waals surface area contributed by atoms with Gasteiger partial charge in [0.05, 0.1) is 23.2 Å². The monoisotopic (exact) mass is 323 g/mol. The number of fused-ring (bicyclic) bond motifs is 5. The normalized spacial score (nSPS) is 11.7. The van der Waals surface area contributed by atoms with E-state index < -0.39 is 0 Å². The maximum atomic E-state index is 5.45. The molecule has 0 amide bonds. The molecule has 116 valence electrons. The fourth-order valence-electron chi connectivity index (χ4n) is 2.75. The van der Waals surface area contributed by atoms with Gasteiger partial charge in [0.15, 0.2) is 5.16 Å². The Morgan fingerprint density at radius 3 is 2.65 bits per heavy atom. The maximum absolute atomic E-state index is 5.45. The molecule has 2 aromatic heterocycles. The van der Waals surface area contributed by atoms with Gasteiger partial charge >= 0.3 is 0 Å². The number of imidazole rings is 1. The van der Waals surface area contributed by atoms with Crippen LogP contribution in [0.3, 0.4) is 0 Å². The van der Waals surface area contributed by atoms with E-state index in [1.165, 1.54) is 0 Å². The Morgan fingerprint density at radius 1 is 1.00 bits per heavy atom. The number of thioether (sulfide) groups is 1. The van der Waals surface area contributed by atoms with E-state index in [4.69, 9.17) is 14.7 Å². The van der Waals surface area contributed by atoms with Crippen LogP contribution in [0.5, 0.6) is 0 Å². The highest BCUT2D eigenvalue weighted by Gasteiger charge is 2.13. The van der Waals surface area contributed by atoms with Gasteiger partial charge in [-0.15, -0.1) is 0 Å². The van der Waals surface area contributed by atoms with E-state index in [0.29, 0.717) is 0 Å². The Morgan fingerprint density at radius 2 is 1.78 bits per heavy atom. The summed E-state index contributed by atoms with van der Waals surface area (Å²) in [6.45, 7) is 3.49. The van der Waals surface area contributed by atoms with Crippen LogP contribution in [-0.4, -0.2) is 33.3 Å². The summed E-state index contributed by atoms with van der Waals surface area (Å²) in [5.74, 6) is 0.876. The van der Waals surface area contributed by atoms with Crippen LogP contribution >= 0.6 is 11.8 Å². The number of para-hydroxylation sites is 3. The molecule has 0 aliphatic carbocycles. The van der Waals surface area contributed by atoms with E-state index in [-0.39, 0.29) is 0 Å². The van der Waals surface area contributed by atoms with Crippen molar-refractivity contribution >= 4 is 39.3 Å². The van der Waals surface area contributed by atoms with Crippen molar-refractivity contribution in [2.75, 3.05) is 19.0 Å². The number of benzene rings is 2. The Hall–Kier alpha value is -2.11. The van der Waals surface area contributed by atoms with E-state index in [0.717, 1.165) is 51.7 Å². The van der Waals surface area contributed by atoms with Crippen molar-refractivity contribution in [3.05, 3.63) is 48.5 Å². The quantitative estimate of drug-likeness (QED) is 0.314. The lowest BCUT2D eigenvalue weighted by Gasteiger charge is -2.08. The third kappa shape index (κ3) is 2.56. The number of rotatable bonds is 5. The topological polar surface area (TPSA) is 39.4 Å². The second-order valence-corrected chi connectivity index (χ2v) is 6.28. The lowest BCUT2D eigenvalue weighted by atomic mass is 10.2. The molecule has 4 rings (SSSR count). The molecule has 0 aliphatic rings. The van der Waals surface area contributed by atoms with Gasteiger partial charge in [0.2, 0.25) is 0 Å². The first kappa shape index (κ1) is 14.5. The van der Waals surface area contributed by atoms with E-state index >= 15 is 0 Å². The Balaban J connectivity index is 1.94. The molecule has 0 bridgehead atoms. The Labute approximate surface area is 138 Å². The average molecular weight is 323 g/mol. The summed E-state index contributed by atoms with van der Waals surface area (Å²) in [4.78, 5) is 9.68. The molecule has 0 atom stereocenters. The summed E-state index contributed by atoms with van der Waals surface area (Å²) in [7, 11) is 0. The molecular weight excluding hydrogens is 306 g/mol. The molecule has 0 aliphatic heterocycles. The fraction of sp³-hybridized carbons (Fsp3) is 0.222. The van der Waals surface area contributed by atoms with Gasteiger partial charge in [-0.3, -0.25) is 4.40 Å². The van der Waals surface area contributed by atoms with Crippen molar-refractivity contribution in [2.24, 2.45) is 0 Å². The second kappa shape index (κ2) is 6.18. The first-order valence-electron chi connectivity index (χ1n) is 7.75. The van der Waals surface area contributed by atoms with Crippen LogP contribution in [0.4, 0.5) is 0 Å². The van der Waals surface area contributed by atoms with E-state index in [9.17, 15) is 0 Å². The van der Waals surface area contributed by atoms with Gasteiger partial charge in [-0.25, -0.2) is 9.97 Å². The zero-order chi connectivity index (χ0) is 15.6. The average Bonchev–Trinajstić information content (AvgIpc) is 2.99. The summed E-state index contributed by atoms with van der Waals surface area (Å²) >= 11 is 1.71. The van der Waals surface area contributed by atoms with Gasteiger partial charge in [0.1, 0.15) is 5.65 Å². The summed E-state index contributed by atoms with van der Waals surface area (Å²) in [5, 5.41) is 2.05. The van der Waals surface area contributed by atoms with Crippen molar-refractivity contribution in [1.82, 2.24) is 14.4 Å². The number of ether oxygens (including phenoxy) is 1. The van der Waals surface area contributed by atoms with Crippen LogP contribution in [0.25, 0.3) is 27.6 Å². The van der Waals surface area contributed by atoms with Crippen LogP contribution in [0.1, 0.15) is 6.92 Å². The molecular formula is C18H17N3OS. The molecule has 4 nitrogen and oxygen atoms in total. The molecule has 4 aromatic rings. The lowest BCUT2D eigenvalue weighted by Crippen LogP contribution is -2.00. The van der Waals surface area contributed by atoms with Crippen LogP contribution in [0.15, 0.2) is 53.7 Å². The van der Waals surface area contributed by atoms with Crippen molar-refractivity contribution in [3.8, 4) is 0 Å². The second-order valence-electron chi connectivity index (χ2n) is 5.22. The van der Waals surface area contributed by atoms with Gasteiger partial charge in [0.25, 0.3) is 0 Å². The first-order chi connectivity index (χ1) is 11.4. The van der Waals surface area contributed by atoms with Crippen molar-refractivity contribution in [2.45, 2.75) is 12.1 Å². The molecule has 2 aromatic carbocycles. The molecule has 0 spiro atoms. The van der Waals surface area contributed by atoms with Gasteiger partial charge in [-0.05, 0) is 31.2 Å². The molecule has 0 saturated heterocycles. The van der Waals surface area contributed by atoms with Gasteiger partial charge < -0.3 is 4.74 Å². The zero-order valence-corrected chi connectivity index (χ0v) is 13.7. The Bertz CT molecular complexity index is 980. The zero-order valence-electron chi connectivity index (χ0n) is 12.9. The van der Waals surface area contributed by atoms with E-state index in [1.54, 1.807) is 11.8 Å².